The molecule has 0 bridgehead atoms. The summed E-state index contributed by atoms with van der Waals surface area (Å²) in [7, 11) is 0. The maximum Gasteiger partial charge on any atom is 0.290 e. The Balaban J connectivity index is 0. The van der Waals surface area contributed by atoms with Gasteiger partial charge >= 0.3 is 0 Å². The molecule has 0 aliphatic rings. The molecule has 3 N–H and O–H groups in total. The number of aliphatic hydroxyl groups excluding tert-OH is 1. The fourth-order valence-electron chi connectivity index (χ4n) is 0.258. The fraction of sp³-hybridized carbons (Fsp3) is 0.800. The molecule has 56 valence electrons. The monoisotopic (exact) mass is 136 g/mol. The minimum absolute atomic E-state index is 0.250. The number of aliphatic hydroxyl groups is 2. The van der Waals surface area contributed by atoms with Crippen LogP contribution in [-0.2, 0) is 4.79 Å². The molecule has 0 saturated carbocycles. The summed E-state index contributed by atoms with van der Waals surface area (Å²) in [6.45, 7) is 1.65. The van der Waals surface area contributed by atoms with Crippen LogP contribution in [0.15, 0.2) is 0 Å². The van der Waals surface area contributed by atoms with Gasteiger partial charge in [0.2, 0.25) is 0 Å². The lowest BCUT2D eigenvalue weighted by Gasteiger charge is -1.94. The van der Waals surface area contributed by atoms with Crippen molar-refractivity contribution in [2.24, 2.45) is 0 Å². The largest absolute Gasteiger partial charge is 0.483 e. The highest BCUT2D eigenvalue weighted by Crippen LogP contribution is 1.88. The number of hydrogen-bond donors (Lipinski definition) is 3. The zero-order chi connectivity index (χ0) is 7.70. The molecule has 0 amide bonds. The van der Waals surface area contributed by atoms with Crippen molar-refractivity contribution in [3.05, 3.63) is 0 Å². The van der Waals surface area contributed by atoms with Gasteiger partial charge in [-0.25, -0.2) is 0 Å². The molecule has 0 aromatic heterocycles. The Labute approximate surface area is 53.7 Å². The molecule has 0 aliphatic heterocycles. The molecular weight excluding hydrogens is 124 g/mol. The lowest BCUT2D eigenvalue weighted by Crippen LogP contribution is -2.01. The number of carbonyl (C=O) groups is 1. The molecule has 0 heterocycles. The van der Waals surface area contributed by atoms with Gasteiger partial charge in [0.15, 0.2) is 6.29 Å². The van der Waals surface area contributed by atoms with Crippen molar-refractivity contribution >= 4 is 6.47 Å². The molecule has 0 radical (unpaired) electrons. The van der Waals surface area contributed by atoms with Crippen LogP contribution in [-0.4, -0.2) is 28.1 Å². The average Bonchev–Trinajstić information content (AvgIpc) is 1.67. The maximum atomic E-state index is 8.36. The molecule has 9 heavy (non-hydrogen) atoms. The van der Waals surface area contributed by atoms with Crippen molar-refractivity contribution in [2.45, 2.75) is 26.1 Å². The van der Waals surface area contributed by atoms with E-state index in [0.717, 1.165) is 6.42 Å². The van der Waals surface area contributed by atoms with Crippen LogP contribution in [0.3, 0.4) is 0 Å². The summed E-state index contributed by atoms with van der Waals surface area (Å²) in [6.07, 6.45) is 0.215. The van der Waals surface area contributed by atoms with Gasteiger partial charge in [-0.15, -0.1) is 0 Å². The topological polar surface area (TPSA) is 77.8 Å². The van der Waals surface area contributed by atoms with Crippen molar-refractivity contribution in [2.75, 3.05) is 0 Å². The Morgan fingerprint density at radius 3 is 1.89 bits per heavy atom. The maximum absolute atomic E-state index is 8.36. The normalized spacial score (nSPS) is 8.00. The van der Waals surface area contributed by atoms with Crippen molar-refractivity contribution in [3.63, 3.8) is 0 Å². The van der Waals surface area contributed by atoms with Crippen LogP contribution in [0.1, 0.15) is 19.8 Å². The van der Waals surface area contributed by atoms with Crippen molar-refractivity contribution in [1.82, 2.24) is 0 Å². The predicted molar refractivity (Wildman–Crippen MR) is 31.8 cm³/mol. The second-order valence-corrected chi connectivity index (χ2v) is 1.37. The molecule has 0 atom stereocenters. The van der Waals surface area contributed by atoms with Gasteiger partial charge in [-0.1, -0.05) is 13.3 Å². The van der Waals surface area contributed by atoms with Gasteiger partial charge in [-0.3, -0.25) is 4.79 Å². The zero-order valence-electron chi connectivity index (χ0n) is 5.32. The van der Waals surface area contributed by atoms with E-state index in [4.69, 9.17) is 20.1 Å². The SMILES string of the molecule is CCCC(O)O.O=CO. The van der Waals surface area contributed by atoms with Crippen molar-refractivity contribution in [3.8, 4) is 0 Å². The van der Waals surface area contributed by atoms with Gasteiger partial charge in [-0.2, -0.15) is 0 Å². The molecule has 0 unspecified atom stereocenters. The summed E-state index contributed by atoms with van der Waals surface area (Å²) < 4.78 is 0. The lowest BCUT2D eigenvalue weighted by molar-refractivity contribution is -0.122. The van der Waals surface area contributed by atoms with Crippen molar-refractivity contribution in [1.29, 1.82) is 0 Å². The number of rotatable bonds is 2. The van der Waals surface area contributed by atoms with Crippen LogP contribution >= 0.6 is 0 Å². The van der Waals surface area contributed by atoms with Crippen LogP contribution in [0.25, 0.3) is 0 Å². The van der Waals surface area contributed by atoms with Gasteiger partial charge in [-0.05, 0) is 6.42 Å². The third-order valence-electron chi connectivity index (χ3n) is 0.547. The average molecular weight is 136 g/mol. The first-order chi connectivity index (χ1) is 4.18. The van der Waals surface area contributed by atoms with Crippen LogP contribution in [0.2, 0.25) is 0 Å². The van der Waals surface area contributed by atoms with Gasteiger partial charge in [0.25, 0.3) is 6.47 Å². The van der Waals surface area contributed by atoms with E-state index in [-0.39, 0.29) is 6.47 Å². The van der Waals surface area contributed by atoms with Gasteiger partial charge in [0, 0.05) is 0 Å². The smallest absolute Gasteiger partial charge is 0.290 e. The Kier molecular flexibility index (Phi) is 13.0. The third kappa shape index (κ3) is 37.6. The minimum Gasteiger partial charge on any atom is -0.483 e. The highest BCUT2D eigenvalue weighted by atomic mass is 16.5. The van der Waals surface area contributed by atoms with E-state index < -0.39 is 6.29 Å². The Hall–Kier alpha value is -0.610. The minimum atomic E-state index is -1.10. The van der Waals surface area contributed by atoms with Crippen molar-refractivity contribution < 1.29 is 20.1 Å². The molecule has 0 fully saturated rings. The summed E-state index contributed by atoms with van der Waals surface area (Å²) in [5.74, 6) is 0. The number of carboxylic acid groups (broad SMARTS) is 1. The molecular formula is C5H12O4. The first-order valence-electron chi connectivity index (χ1n) is 2.63. The van der Waals surface area contributed by atoms with E-state index in [9.17, 15) is 0 Å². The highest BCUT2D eigenvalue weighted by molar-refractivity contribution is 5.32. The molecule has 4 heteroatoms. The van der Waals surface area contributed by atoms with E-state index in [1.807, 2.05) is 6.92 Å². The third-order valence-corrected chi connectivity index (χ3v) is 0.547. The summed E-state index contributed by atoms with van der Waals surface area (Å²) in [4.78, 5) is 8.36. The summed E-state index contributed by atoms with van der Waals surface area (Å²) in [5.41, 5.74) is 0. The fourth-order valence-corrected chi connectivity index (χ4v) is 0.258. The molecule has 0 aromatic carbocycles. The molecule has 0 rings (SSSR count). The standard InChI is InChI=1S/C4H10O2.CH2O2/c1-2-3-4(5)6;2-1-3/h4-6H,2-3H2,1H3;1H,(H,2,3). The quantitative estimate of drug-likeness (QED) is 0.363. The van der Waals surface area contributed by atoms with E-state index in [0.29, 0.717) is 6.42 Å². The second kappa shape index (κ2) is 10.4. The molecule has 0 saturated heterocycles. The van der Waals surface area contributed by atoms with E-state index >= 15 is 0 Å². The Morgan fingerprint density at radius 1 is 1.56 bits per heavy atom. The van der Waals surface area contributed by atoms with E-state index in [1.54, 1.807) is 0 Å². The summed E-state index contributed by atoms with van der Waals surface area (Å²) in [6, 6.07) is 0. The lowest BCUT2D eigenvalue weighted by atomic mass is 10.3. The molecule has 4 nitrogen and oxygen atoms in total. The summed E-state index contributed by atoms with van der Waals surface area (Å²) >= 11 is 0. The zero-order valence-corrected chi connectivity index (χ0v) is 5.32. The first-order valence-corrected chi connectivity index (χ1v) is 2.63. The van der Waals surface area contributed by atoms with E-state index in [1.165, 1.54) is 0 Å². The van der Waals surface area contributed by atoms with Gasteiger partial charge in [0.1, 0.15) is 0 Å². The second-order valence-electron chi connectivity index (χ2n) is 1.37. The van der Waals surface area contributed by atoms with Crippen LogP contribution < -0.4 is 0 Å². The summed E-state index contributed by atoms with van der Waals surface area (Å²) in [5, 5.41) is 23.1. The molecule has 0 aromatic rings. The molecule has 0 spiro atoms. The van der Waals surface area contributed by atoms with Crippen LogP contribution in [0.5, 0.6) is 0 Å². The predicted octanol–water partition coefficient (Wildman–Crippen LogP) is -0.202. The first kappa shape index (κ1) is 11.2. The van der Waals surface area contributed by atoms with Crippen LogP contribution in [0, 0.1) is 0 Å². The highest BCUT2D eigenvalue weighted by Gasteiger charge is 1.89. The van der Waals surface area contributed by atoms with Gasteiger partial charge < -0.3 is 15.3 Å². The number of hydrogen-bond acceptors (Lipinski definition) is 3. The Bertz CT molecular complexity index is 52.9. The van der Waals surface area contributed by atoms with Gasteiger partial charge in [0.05, 0.1) is 0 Å². The van der Waals surface area contributed by atoms with E-state index in [2.05, 4.69) is 0 Å². The van der Waals surface area contributed by atoms with Crippen LogP contribution in [0.4, 0.5) is 0 Å². The Morgan fingerprint density at radius 2 is 1.89 bits per heavy atom. The molecule has 0 aliphatic carbocycles.